The quantitative estimate of drug-likeness (QED) is 0.395. The number of thiophene rings is 1. The molecule has 0 saturated heterocycles. The first kappa shape index (κ1) is 17.0. The summed E-state index contributed by atoms with van der Waals surface area (Å²) >= 11 is 8.95. The van der Waals surface area contributed by atoms with Gasteiger partial charge in [0.1, 0.15) is 15.5 Å². The average Bonchev–Trinajstić information content (AvgIpc) is 2.91. The molecule has 1 N–H and O–H groups in total. The SMILES string of the molecule is COC(=O)c1sc2nc(Cl)nc(Nc3cccc(SC)c3)c2c1C. The van der Waals surface area contributed by atoms with E-state index in [1.807, 2.05) is 37.4 Å². The summed E-state index contributed by atoms with van der Waals surface area (Å²) in [4.78, 5) is 22.7. The number of nitrogens with zero attached hydrogens (tertiary/aromatic N) is 2. The molecular formula is C16H14ClN3O2S2. The lowest BCUT2D eigenvalue weighted by Gasteiger charge is -2.09. The molecule has 0 aliphatic heterocycles. The normalized spacial score (nSPS) is 10.8. The zero-order valence-corrected chi connectivity index (χ0v) is 15.6. The third-order valence-electron chi connectivity index (χ3n) is 3.47. The third-order valence-corrected chi connectivity index (χ3v) is 5.53. The van der Waals surface area contributed by atoms with Crippen molar-refractivity contribution in [3.05, 3.63) is 40.0 Å². The van der Waals surface area contributed by atoms with E-state index in [4.69, 9.17) is 16.3 Å². The summed E-state index contributed by atoms with van der Waals surface area (Å²) in [7, 11) is 1.36. The number of fused-ring (bicyclic) bond motifs is 1. The second-order valence-corrected chi connectivity index (χ2v) is 7.14. The fourth-order valence-corrected chi connectivity index (χ4v) is 4.11. The Labute approximate surface area is 152 Å². The van der Waals surface area contributed by atoms with E-state index in [-0.39, 0.29) is 11.3 Å². The number of carbonyl (C=O) groups excluding carboxylic acids is 1. The number of halogens is 1. The molecule has 24 heavy (non-hydrogen) atoms. The molecule has 0 aliphatic carbocycles. The van der Waals surface area contributed by atoms with E-state index in [1.165, 1.54) is 18.4 Å². The van der Waals surface area contributed by atoms with Crippen LogP contribution in [0, 0.1) is 6.92 Å². The standard InChI is InChI=1S/C16H14ClN3O2S2/c1-8-11-13(18-9-5-4-6-10(7-9)23-3)19-16(17)20-14(11)24-12(8)15(21)22-2/h4-7H,1-3H3,(H,18,19,20). The first-order valence-corrected chi connectivity index (χ1v) is 9.41. The largest absolute Gasteiger partial charge is 0.465 e. The number of hydrogen-bond acceptors (Lipinski definition) is 7. The van der Waals surface area contributed by atoms with Crippen molar-refractivity contribution in [3.8, 4) is 0 Å². The van der Waals surface area contributed by atoms with Crippen LogP contribution in [0.15, 0.2) is 29.2 Å². The minimum atomic E-state index is -0.387. The van der Waals surface area contributed by atoms with Gasteiger partial charge in [-0.3, -0.25) is 0 Å². The van der Waals surface area contributed by atoms with Gasteiger partial charge in [-0.2, -0.15) is 4.98 Å². The predicted molar refractivity (Wildman–Crippen MR) is 100 cm³/mol. The summed E-state index contributed by atoms with van der Waals surface area (Å²) < 4.78 is 4.83. The van der Waals surface area contributed by atoms with E-state index in [0.717, 1.165) is 21.5 Å². The van der Waals surface area contributed by atoms with Crippen LogP contribution < -0.4 is 5.32 Å². The van der Waals surface area contributed by atoms with Crippen molar-refractivity contribution in [1.82, 2.24) is 9.97 Å². The van der Waals surface area contributed by atoms with E-state index < -0.39 is 0 Å². The van der Waals surface area contributed by atoms with Crippen LogP contribution in [0.25, 0.3) is 10.2 Å². The number of aryl methyl sites for hydroxylation is 1. The van der Waals surface area contributed by atoms with Crippen molar-refractivity contribution in [1.29, 1.82) is 0 Å². The van der Waals surface area contributed by atoms with Crippen molar-refractivity contribution >= 4 is 62.4 Å². The van der Waals surface area contributed by atoms with E-state index in [2.05, 4.69) is 15.3 Å². The predicted octanol–water partition coefficient (Wildman–Crippen LogP) is 4.91. The molecule has 0 bridgehead atoms. The zero-order valence-electron chi connectivity index (χ0n) is 13.2. The highest BCUT2D eigenvalue weighted by molar-refractivity contribution is 7.98. The van der Waals surface area contributed by atoms with Crippen molar-refractivity contribution in [2.45, 2.75) is 11.8 Å². The van der Waals surface area contributed by atoms with Gasteiger partial charge in [0.2, 0.25) is 5.28 Å². The molecule has 3 aromatic rings. The monoisotopic (exact) mass is 379 g/mol. The molecule has 5 nitrogen and oxygen atoms in total. The Bertz CT molecular complexity index is 927. The summed E-state index contributed by atoms with van der Waals surface area (Å²) in [6.07, 6.45) is 2.02. The smallest absolute Gasteiger partial charge is 0.348 e. The maximum absolute atomic E-state index is 11.9. The fraction of sp³-hybridized carbons (Fsp3) is 0.188. The molecule has 8 heteroatoms. The highest BCUT2D eigenvalue weighted by Crippen LogP contribution is 2.36. The second-order valence-electron chi connectivity index (χ2n) is 4.93. The molecule has 0 aliphatic rings. The Balaban J connectivity index is 2.12. The average molecular weight is 380 g/mol. The third kappa shape index (κ3) is 3.19. The summed E-state index contributed by atoms with van der Waals surface area (Å²) in [5, 5.41) is 4.18. The molecule has 3 rings (SSSR count). The summed E-state index contributed by atoms with van der Waals surface area (Å²) in [5.41, 5.74) is 1.67. The molecule has 0 saturated carbocycles. The van der Waals surface area contributed by atoms with Gasteiger partial charge in [-0.05, 0) is 48.5 Å². The molecule has 0 radical (unpaired) electrons. The maximum Gasteiger partial charge on any atom is 0.348 e. The van der Waals surface area contributed by atoms with E-state index in [9.17, 15) is 4.79 Å². The molecule has 2 aromatic heterocycles. The van der Waals surface area contributed by atoms with E-state index in [0.29, 0.717) is 15.5 Å². The van der Waals surface area contributed by atoms with Gasteiger partial charge in [0, 0.05) is 10.6 Å². The molecular weight excluding hydrogens is 366 g/mol. The fourth-order valence-electron chi connectivity index (χ4n) is 2.33. The van der Waals surface area contributed by atoms with Crippen LogP contribution in [0.2, 0.25) is 5.28 Å². The topological polar surface area (TPSA) is 64.1 Å². The Morgan fingerprint density at radius 1 is 1.38 bits per heavy atom. The number of rotatable bonds is 4. The molecule has 1 aromatic carbocycles. The van der Waals surface area contributed by atoms with Crippen molar-refractivity contribution < 1.29 is 9.53 Å². The van der Waals surface area contributed by atoms with Crippen LogP contribution in [-0.4, -0.2) is 29.3 Å². The van der Waals surface area contributed by atoms with Crippen LogP contribution in [0.4, 0.5) is 11.5 Å². The minimum absolute atomic E-state index is 0.128. The Hall–Kier alpha value is -1.83. The highest BCUT2D eigenvalue weighted by atomic mass is 35.5. The van der Waals surface area contributed by atoms with Crippen LogP contribution in [0.3, 0.4) is 0 Å². The van der Waals surface area contributed by atoms with Gasteiger partial charge in [-0.25, -0.2) is 9.78 Å². The van der Waals surface area contributed by atoms with Crippen molar-refractivity contribution in [2.24, 2.45) is 0 Å². The lowest BCUT2D eigenvalue weighted by molar-refractivity contribution is 0.0605. The zero-order chi connectivity index (χ0) is 17.3. The Morgan fingerprint density at radius 2 is 2.17 bits per heavy atom. The van der Waals surface area contributed by atoms with Crippen LogP contribution in [0.1, 0.15) is 15.2 Å². The van der Waals surface area contributed by atoms with Crippen molar-refractivity contribution in [2.75, 3.05) is 18.7 Å². The number of hydrogen-bond donors (Lipinski definition) is 1. The second kappa shape index (κ2) is 6.96. The number of thioether (sulfide) groups is 1. The first-order valence-electron chi connectivity index (χ1n) is 6.99. The molecule has 2 heterocycles. The number of ether oxygens (including phenoxy) is 1. The highest BCUT2D eigenvalue weighted by Gasteiger charge is 2.21. The number of methoxy groups -OCH3 is 1. The first-order chi connectivity index (χ1) is 11.5. The number of nitrogens with one attached hydrogen (secondary N) is 1. The number of benzene rings is 1. The van der Waals surface area contributed by atoms with Crippen molar-refractivity contribution in [3.63, 3.8) is 0 Å². The van der Waals surface area contributed by atoms with Crippen LogP contribution in [-0.2, 0) is 4.74 Å². The Morgan fingerprint density at radius 3 is 2.88 bits per heavy atom. The van der Waals surface area contributed by atoms with E-state index in [1.54, 1.807) is 11.8 Å². The minimum Gasteiger partial charge on any atom is -0.465 e. The molecule has 0 unspecified atom stereocenters. The molecule has 0 amide bonds. The van der Waals surface area contributed by atoms with Gasteiger partial charge < -0.3 is 10.1 Å². The maximum atomic E-state index is 11.9. The van der Waals surface area contributed by atoms with Gasteiger partial charge in [-0.1, -0.05) is 6.07 Å². The van der Waals surface area contributed by atoms with Gasteiger partial charge in [0.15, 0.2) is 0 Å². The number of anilines is 2. The van der Waals surface area contributed by atoms with E-state index >= 15 is 0 Å². The molecule has 0 atom stereocenters. The molecule has 0 fully saturated rings. The summed E-state index contributed by atoms with van der Waals surface area (Å²) in [6, 6.07) is 7.97. The number of esters is 1. The number of aromatic nitrogens is 2. The lowest BCUT2D eigenvalue weighted by Crippen LogP contribution is -2.00. The van der Waals surface area contributed by atoms with Gasteiger partial charge in [0.05, 0.1) is 12.5 Å². The Kier molecular flexibility index (Phi) is 4.93. The summed E-state index contributed by atoms with van der Waals surface area (Å²) in [6.45, 7) is 1.85. The summed E-state index contributed by atoms with van der Waals surface area (Å²) in [5.74, 6) is 0.189. The van der Waals surface area contributed by atoms with Gasteiger partial charge in [0.25, 0.3) is 0 Å². The lowest BCUT2D eigenvalue weighted by atomic mass is 10.2. The molecule has 124 valence electrons. The van der Waals surface area contributed by atoms with Gasteiger partial charge in [-0.15, -0.1) is 23.1 Å². The number of carbonyl (C=O) groups is 1. The molecule has 0 spiro atoms. The van der Waals surface area contributed by atoms with Crippen LogP contribution >= 0.6 is 34.7 Å². The van der Waals surface area contributed by atoms with Gasteiger partial charge >= 0.3 is 5.97 Å². The van der Waals surface area contributed by atoms with Crippen LogP contribution in [0.5, 0.6) is 0 Å².